The second-order valence-corrected chi connectivity index (χ2v) is 5.20. The minimum atomic E-state index is 0.129. The number of hydrogen-bond donors (Lipinski definition) is 1. The molecule has 2 rings (SSSR count). The zero-order valence-corrected chi connectivity index (χ0v) is 13.2. The molecule has 114 valence electrons. The number of nitrogens with zero attached hydrogens (tertiary/aromatic N) is 4. The average molecular weight is 287 g/mol. The molecule has 21 heavy (non-hydrogen) atoms. The fourth-order valence-electron chi connectivity index (χ4n) is 2.55. The van der Waals surface area contributed by atoms with Crippen molar-refractivity contribution in [1.82, 2.24) is 25.3 Å². The quantitative estimate of drug-likeness (QED) is 0.811. The zero-order valence-electron chi connectivity index (χ0n) is 13.2. The third-order valence-electron chi connectivity index (χ3n) is 3.61. The summed E-state index contributed by atoms with van der Waals surface area (Å²) in [7, 11) is 0. The summed E-state index contributed by atoms with van der Waals surface area (Å²) < 4.78 is 2.01. The first-order chi connectivity index (χ1) is 10.3. The highest BCUT2D eigenvalue weighted by Crippen LogP contribution is 2.24. The minimum absolute atomic E-state index is 0.129. The van der Waals surface area contributed by atoms with Crippen molar-refractivity contribution >= 4 is 0 Å². The van der Waals surface area contributed by atoms with Crippen molar-refractivity contribution in [3.05, 3.63) is 41.5 Å². The second-order valence-electron chi connectivity index (χ2n) is 5.20. The third-order valence-corrected chi connectivity index (χ3v) is 3.61. The lowest BCUT2D eigenvalue weighted by atomic mass is 9.98. The van der Waals surface area contributed by atoms with Crippen molar-refractivity contribution < 1.29 is 0 Å². The van der Waals surface area contributed by atoms with Gasteiger partial charge in [0.05, 0.1) is 17.9 Å². The van der Waals surface area contributed by atoms with Crippen molar-refractivity contribution in [1.29, 1.82) is 0 Å². The summed E-state index contributed by atoms with van der Waals surface area (Å²) in [5.74, 6) is 0. The van der Waals surface area contributed by atoms with Crippen LogP contribution in [-0.4, -0.2) is 26.5 Å². The van der Waals surface area contributed by atoms with Gasteiger partial charge in [-0.3, -0.25) is 4.98 Å². The van der Waals surface area contributed by atoms with E-state index in [0.29, 0.717) is 0 Å². The van der Waals surface area contributed by atoms with E-state index >= 15 is 0 Å². The summed E-state index contributed by atoms with van der Waals surface area (Å²) in [5.41, 5.74) is 3.68. The molecule has 0 bridgehead atoms. The van der Waals surface area contributed by atoms with Crippen LogP contribution in [-0.2, 0) is 13.0 Å². The Balaban J connectivity index is 2.40. The maximum Gasteiger partial charge on any atom is 0.0802 e. The molecule has 0 aliphatic carbocycles. The standard InChI is InChI=1S/C16H25N5/c1-4-8-18-16(14-7-9-17-11-13(14)6-3)15-12-19-20-21(15)10-5-2/h7,9,11-12,16,18H,4-6,8,10H2,1-3H3. The maximum absolute atomic E-state index is 4.25. The molecular formula is C16H25N5. The van der Waals surface area contributed by atoms with E-state index < -0.39 is 0 Å². The molecule has 0 aromatic carbocycles. The normalized spacial score (nSPS) is 12.5. The molecule has 0 saturated heterocycles. The molecule has 0 fully saturated rings. The highest BCUT2D eigenvalue weighted by atomic mass is 15.4. The minimum Gasteiger partial charge on any atom is -0.305 e. The van der Waals surface area contributed by atoms with Gasteiger partial charge >= 0.3 is 0 Å². The molecule has 0 saturated carbocycles. The van der Waals surface area contributed by atoms with E-state index in [0.717, 1.165) is 38.0 Å². The van der Waals surface area contributed by atoms with Crippen LogP contribution in [0.1, 0.15) is 56.5 Å². The SMILES string of the molecule is CCCNC(c1ccncc1CC)c1cnnn1CCC. The summed E-state index contributed by atoms with van der Waals surface area (Å²) in [4.78, 5) is 4.25. The van der Waals surface area contributed by atoms with Gasteiger partial charge in [0.25, 0.3) is 0 Å². The lowest BCUT2D eigenvalue weighted by Crippen LogP contribution is -2.27. The summed E-state index contributed by atoms with van der Waals surface area (Å²) in [6, 6.07) is 2.24. The summed E-state index contributed by atoms with van der Waals surface area (Å²) in [6.07, 6.45) is 8.82. The third kappa shape index (κ3) is 3.67. The first kappa shape index (κ1) is 15.6. The van der Waals surface area contributed by atoms with E-state index in [1.165, 1.54) is 11.1 Å². The molecular weight excluding hydrogens is 262 g/mol. The van der Waals surface area contributed by atoms with Crippen molar-refractivity contribution in [2.24, 2.45) is 0 Å². The molecule has 0 aliphatic rings. The number of aryl methyl sites for hydroxylation is 2. The van der Waals surface area contributed by atoms with Gasteiger partial charge in [-0.05, 0) is 43.0 Å². The van der Waals surface area contributed by atoms with E-state index in [4.69, 9.17) is 0 Å². The highest BCUT2D eigenvalue weighted by molar-refractivity contribution is 5.32. The van der Waals surface area contributed by atoms with Crippen molar-refractivity contribution in [2.45, 2.75) is 52.6 Å². The predicted octanol–water partition coefficient (Wildman–Crippen LogP) is 2.73. The van der Waals surface area contributed by atoms with Crippen LogP contribution in [0.4, 0.5) is 0 Å². The first-order valence-corrected chi connectivity index (χ1v) is 7.86. The Bertz CT molecular complexity index is 549. The molecule has 5 nitrogen and oxygen atoms in total. The van der Waals surface area contributed by atoms with Crippen LogP contribution < -0.4 is 5.32 Å². The van der Waals surface area contributed by atoms with Gasteiger partial charge in [-0.15, -0.1) is 5.10 Å². The van der Waals surface area contributed by atoms with Gasteiger partial charge in [0.2, 0.25) is 0 Å². The zero-order chi connectivity index (χ0) is 15.1. The first-order valence-electron chi connectivity index (χ1n) is 7.86. The van der Waals surface area contributed by atoms with E-state index in [1.807, 2.05) is 23.3 Å². The maximum atomic E-state index is 4.25. The summed E-state index contributed by atoms with van der Waals surface area (Å²) >= 11 is 0. The van der Waals surface area contributed by atoms with Crippen molar-refractivity contribution in [3.8, 4) is 0 Å². The van der Waals surface area contributed by atoms with E-state index in [1.54, 1.807) is 0 Å². The van der Waals surface area contributed by atoms with Crippen LogP contribution in [0.25, 0.3) is 0 Å². The smallest absolute Gasteiger partial charge is 0.0802 e. The van der Waals surface area contributed by atoms with Gasteiger partial charge in [-0.2, -0.15) is 0 Å². The molecule has 1 unspecified atom stereocenters. The number of hydrogen-bond acceptors (Lipinski definition) is 4. The van der Waals surface area contributed by atoms with Crippen molar-refractivity contribution in [3.63, 3.8) is 0 Å². The summed E-state index contributed by atoms with van der Waals surface area (Å²) in [6.45, 7) is 8.36. The molecule has 0 amide bonds. The predicted molar refractivity (Wildman–Crippen MR) is 84.1 cm³/mol. The van der Waals surface area contributed by atoms with Crippen LogP contribution in [0.2, 0.25) is 0 Å². The van der Waals surface area contributed by atoms with Crippen LogP contribution >= 0.6 is 0 Å². The van der Waals surface area contributed by atoms with Gasteiger partial charge in [0, 0.05) is 18.9 Å². The Morgan fingerprint density at radius 3 is 2.76 bits per heavy atom. The Hall–Kier alpha value is -1.75. The lowest BCUT2D eigenvalue weighted by Gasteiger charge is -2.22. The number of rotatable bonds is 8. The fraction of sp³-hybridized carbons (Fsp3) is 0.562. The van der Waals surface area contributed by atoms with Crippen LogP contribution in [0.5, 0.6) is 0 Å². The van der Waals surface area contributed by atoms with Crippen molar-refractivity contribution in [2.75, 3.05) is 6.54 Å². The van der Waals surface area contributed by atoms with E-state index in [9.17, 15) is 0 Å². The van der Waals surface area contributed by atoms with Crippen LogP contribution in [0.3, 0.4) is 0 Å². The topological polar surface area (TPSA) is 55.6 Å². The monoisotopic (exact) mass is 287 g/mol. The van der Waals surface area contributed by atoms with Gasteiger partial charge in [-0.1, -0.05) is 26.0 Å². The molecule has 0 radical (unpaired) electrons. The highest BCUT2D eigenvalue weighted by Gasteiger charge is 2.20. The number of nitrogens with one attached hydrogen (secondary N) is 1. The van der Waals surface area contributed by atoms with Gasteiger partial charge < -0.3 is 5.32 Å². The Kier molecular flexibility index (Phi) is 5.87. The summed E-state index contributed by atoms with van der Waals surface area (Å²) in [5, 5.41) is 12.0. The molecule has 1 N–H and O–H groups in total. The average Bonchev–Trinajstić information content (AvgIpc) is 2.97. The molecule has 5 heteroatoms. The largest absolute Gasteiger partial charge is 0.305 e. The molecule has 2 aromatic heterocycles. The molecule has 2 aromatic rings. The Morgan fingerprint density at radius 1 is 1.19 bits per heavy atom. The number of aromatic nitrogens is 4. The molecule has 0 aliphatic heterocycles. The van der Waals surface area contributed by atoms with Crippen LogP contribution in [0.15, 0.2) is 24.7 Å². The van der Waals surface area contributed by atoms with Gasteiger partial charge in [-0.25, -0.2) is 4.68 Å². The molecule has 2 heterocycles. The molecule has 0 spiro atoms. The second kappa shape index (κ2) is 7.88. The number of pyridine rings is 1. The lowest BCUT2D eigenvalue weighted by molar-refractivity contribution is 0.502. The molecule has 1 atom stereocenters. The van der Waals surface area contributed by atoms with Gasteiger partial charge in [0.1, 0.15) is 0 Å². The van der Waals surface area contributed by atoms with E-state index in [2.05, 4.69) is 47.5 Å². The van der Waals surface area contributed by atoms with E-state index in [-0.39, 0.29) is 6.04 Å². The van der Waals surface area contributed by atoms with Crippen LogP contribution in [0, 0.1) is 0 Å². The fourth-order valence-corrected chi connectivity index (χ4v) is 2.55. The Morgan fingerprint density at radius 2 is 2.05 bits per heavy atom. The van der Waals surface area contributed by atoms with Gasteiger partial charge in [0.15, 0.2) is 0 Å². The Labute approximate surface area is 126 Å².